The topological polar surface area (TPSA) is 124 Å². The van der Waals surface area contributed by atoms with Crippen molar-refractivity contribution in [1.29, 1.82) is 0 Å². The van der Waals surface area contributed by atoms with Crippen molar-refractivity contribution in [2.45, 2.75) is 0 Å². The molecule has 0 saturated heterocycles. The molecule has 0 fully saturated rings. The first-order valence-electron chi connectivity index (χ1n) is 6.44. The quantitative estimate of drug-likeness (QED) is 0.446. The number of carbonyl (C=O) groups is 1. The molecule has 23 heavy (non-hydrogen) atoms. The summed E-state index contributed by atoms with van der Waals surface area (Å²) in [7, 11) is 0. The zero-order valence-electron chi connectivity index (χ0n) is 11.5. The van der Waals surface area contributed by atoms with Gasteiger partial charge in [0.2, 0.25) is 0 Å². The van der Waals surface area contributed by atoms with Gasteiger partial charge in [0.05, 0.1) is 11.1 Å². The molecular weight excluding hydrogens is 302 g/mol. The molecule has 3 rings (SSSR count). The third-order valence-electron chi connectivity index (χ3n) is 2.98. The fourth-order valence-electron chi connectivity index (χ4n) is 1.87. The standard InChI is InChI=1S/C14H9N5O4/c20-14(10-2-1-3-11(7-10)19(21)22)16-15-8-9-4-5-12-13(6-9)18-23-17-12/h1-8H,(H,16,20)/b15-8-. The number of hydrazone groups is 1. The predicted molar refractivity (Wildman–Crippen MR) is 80.0 cm³/mol. The average Bonchev–Trinajstić information content (AvgIpc) is 3.02. The molecule has 1 amide bonds. The lowest BCUT2D eigenvalue weighted by Gasteiger charge is -1.99. The van der Waals surface area contributed by atoms with Gasteiger partial charge in [-0.3, -0.25) is 14.9 Å². The largest absolute Gasteiger partial charge is 0.271 e. The van der Waals surface area contributed by atoms with Crippen molar-refractivity contribution in [3.8, 4) is 0 Å². The predicted octanol–water partition coefficient (Wildman–Crippen LogP) is 1.89. The van der Waals surface area contributed by atoms with Crippen molar-refractivity contribution in [3.05, 3.63) is 63.7 Å². The van der Waals surface area contributed by atoms with E-state index >= 15 is 0 Å². The van der Waals surface area contributed by atoms with E-state index in [9.17, 15) is 14.9 Å². The zero-order chi connectivity index (χ0) is 16.2. The highest BCUT2D eigenvalue weighted by atomic mass is 16.6. The van der Waals surface area contributed by atoms with Crippen LogP contribution < -0.4 is 5.43 Å². The van der Waals surface area contributed by atoms with Gasteiger partial charge in [0.25, 0.3) is 11.6 Å². The van der Waals surface area contributed by atoms with Gasteiger partial charge in [-0.05, 0) is 34.1 Å². The van der Waals surface area contributed by atoms with E-state index in [1.165, 1.54) is 30.5 Å². The molecule has 114 valence electrons. The minimum absolute atomic E-state index is 0.146. The molecule has 2 aromatic carbocycles. The Balaban J connectivity index is 1.70. The summed E-state index contributed by atoms with van der Waals surface area (Å²) in [5.41, 5.74) is 4.16. The first-order chi connectivity index (χ1) is 11.1. The molecule has 3 aromatic rings. The number of nitrogens with zero attached hydrogens (tertiary/aromatic N) is 4. The van der Waals surface area contributed by atoms with Crippen LogP contribution in [0, 0.1) is 10.1 Å². The molecule has 0 unspecified atom stereocenters. The number of hydrogen-bond donors (Lipinski definition) is 1. The van der Waals surface area contributed by atoms with Crippen molar-refractivity contribution in [2.75, 3.05) is 0 Å². The molecule has 0 aliphatic rings. The maximum absolute atomic E-state index is 11.9. The van der Waals surface area contributed by atoms with Gasteiger partial charge in [0, 0.05) is 17.7 Å². The monoisotopic (exact) mass is 311 g/mol. The number of nitrogens with one attached hydrogen (secondary N) is 1. The van der Waals surface area contributed by atoms with Gasteiger partial charge in [0.15, 0.2) is 0 Å². The third kappa shape index (κ3) is 3.18. The van der Waals surface area contributed by atoms with E-state index in [1.54, 1.807) is 18.2 Å². The number of benzene rings is 2. The number of rotatable bonds is 4. The first-order valence-corrected chi connectivity index (χ1v) is 6.44. The van der Waals surface area contributed by atoms with Crippen LogP contribution in [0.1, 0.15) is 15.9 Å². The zero-order valence-corrected chi connectivity index (χ0v) is 11.5. The van der Waals surface area contributed by atoms with Gasteiger partial charge in [-0.25, -0.2) is 10.1 Å². The number of amides is 1. The Kier molecular flexibility index (Phi) is 3.75. The highest BCUT2D eigenvalue weighted by Crippen LogP contribution is 2.13. The Labute approximate surface area is 128 Å². The molecule has 1 heterocycles. The Morgan fingerprint density at radius 3 is 2.87 bits per heavy atom. The van der Waals surface area contributed by atoms with E-state index < -0.39 is 10.8 Å². The molecule has 9 nitrogen and oxygen atoms in total. The molecule has 0 radical (unpaired) electrons. The maximum Gasteiger partial charge on any atom is 0.271 e. The van der Waals surface area contributed by atoms with E-state index in [1.807, 2.05) is 0 Å². The van der Waals surface area contributed by atoms with Crippen molar-refractivity contribution in [2.24, 2.45) is 5.10 Å². The second-order valence-corrected chi connectivity index (χ2v) is 4.52. The van der Waals surface area contributed by atoms with Gasteiger partial charge >= 0.3 is 0 Å². The summed E-state index contributed by atoms with van der Waals surface area (Å²) in [5, 5.41) is 21.9. The summed E-state index contributed by atoms with van der Waals surface area (Å²) in [4.78, 5) is 22.0. The molecule has 0 aliphatic carbocycles. The first kappa shape index (κ1) is 14.3. The number of nitro benzene ring substituents is 1. The summed E-state index contributed by atoms with van der Waals surface area (Å²) in [5.74, 6) is -0.547. The summed E-state index contributed by atoms with van der Waals surface area (Å²) in [6.07, 6.45) is 1.42. The molecular formula is C14H9N5O4. The lowest BCUT2D eigenvalue weighted by Crippen LogP contribution is -2.17. The Morgan fingerprint density at radius 2 is 2.04 bits per heavy atom. The van der Waals surface area contributed by atoms with Crippen LogP contribution in [0.15, 0.2) is 52.2 Å². The lowest BCUT2D eigenvalue weighted by molar-refractivity contribution is -0.384. The van der Waals surface area contributed by atoms with Crippen LogP contribution in [0.25, 0.3) is 11.0 Å². The van der Waals surface area contributed by atoms with Crippen LogP contribution in [-0.2, 0) is 0 Å². The Hall–Kier alpha value is -3.62. The molecule has 1 N–H and O–H groups in total. The van der Waals surface area contributed by atoms with Gasteiger partial charge in [-0.15, -0.1) is 0 Å². The van der Waals surface area contributed by atoms with Gasteiger partial charge in [-0.1, -0.05) is 12.1 Å². The lowest BCUT2D eigenvalue weighted by atomic mass is 10.2. The molecule has 1 aromatic heterocycles. The number of fused-ring (bicyclic) bond motifs is 1. The van der Waals surface area contributed by atoms with E-state index in [-0.39, 0.29) is 11.3 Å². The molecule has 0 aliphatic heterocycles. The summed E-state index contributed by atoms with van der Waals surface area (Å²) < 4.78 is 4.58. The number of non-ortho nitro benzene ring substituents is 1. The summed E-state index contributed by atoms with van der Waals surface area (Å²) in [6.45, 7) is 0. The van der Waals surface area contributed by atoms with E-state index in [4.69, 9.17) is 0 Å². The molecule has 0 bridgehead atoms. The third-order valence-corrected chi connectivity index (χ3v) is 2.98. The van der Waals surface area contributed by atoms with Gasteiger partial charge in [0.1, 0.15) is 11.0 Å². The fourth-order valence-corrected chi connectivity index (χ4v) is 1.87. The minimum atomic E-state index is -0.568. The molecule has 9 heteroatoms. The normalized spacial score (nSPS) is 11.0. The van der Waals surface area contributed by atoms with Crippen LogP contribution in [0.4, 0.5) is 5.69 Å². The van der Waals surface area contributed by atoms with Crippen molar-refractivity contribution < 1.29 is 14.3 Å². The molecule has 0 saturated carbocycles. The smallest absolute Gasteiger partial charge is 0.267 e. The minimum Gasteiger partial charge on any atom is -0.267 e. The number of carbonyl (C=O) groups excluding carboxylic acids is 1. The van der Waals surface area contributed by atoms with E-state index in [0.29, 0.717) is 16.6 Å². The number of aromatic nitrogens is 2. The van der Waals surface area contributed by atoms with Gasteiger partial charge < -0.3 is 0 Å². The van der Waals surface area contributed by atoms with E-state index in [0.717, 1.165) is 0 Å². The van der Waals surface area contributed by atoms with Crippen molar-refractivity contribution in [1.82, 2.24) is 15.7 Å². The Bertz CT molecular complexity index is 918. The summed E-state index contributed by atoms with van der Waals surface area (Å²) >= 11 is 0. The highest BCUT2D eigenvalue weighted by Gasteiger charge is 2.10. The van der Waals surface area contributed by atoms with E-state index in [2.05, 4.69) is 25.5 Å². The molecule has 0 atom stereocenters. The van der Waals surface area contributed by atoms with Crippen molar-refractivity contribution >= 4 is 28.8 Å². The highest BCUT2D eigenvalue weighted by molar-refractivity contribution is 5.95. The SMILES string of the molecule is O=C(N/N=C\c1ccc2nonc2c1)c1cccc([N+](=O)[O-])c1. The molecule has 0 spiro atoms. The van der Waals surface area contributed by atoms with Crippen LogP contribution in [0.3, 0.4) is 0 Å². The second-order valence-electron chi connectivity index (χ2n) is 4.52. The average molecular weight is 311 g/mol. The maximum atomic E-state index is 11.9. The summed E-state index contributed by atoms with van der Waals surface area (Å²) in [6, 6.07) is 10.5. The van der Waals surface area contributed by atoms with Crippen LogP contribution in [0.2, 0.25) is 0 Å². The van der Waals surface area contributed by atoms with Crippen molar-refractivity contribution in [3.63, 3.8) is 0 Å². The second kappa shape index (κ2) is 6.02. The Morgan fingerprint density at radius 1 is 1.22 bits per heavy atom. The number of nitro groups is 1. The van der Waals surface area contributed by atoms with Crippen LogP contribution in [-0.4, -0.2) is 27.4 Å². The number of hydrogen-bond acceptors (Lipinski definition) is 7. The van der Waals surface area contributed by atoms with Crippen LogP contribution >= 0.6 is 0 Å². The van der Waals surface area contributed by atoms with Crippen LogP contribution in [0.5, 0.6) is 0 Å². The van der Waals surface area contributed by atoms with Gasteiger partial charge in [-0.2, -0.15) is 5.10 Å². The fraction of sp³-hybridized carbons (Fsp3) is 0.